The van der Waals surface area contributed by atoms with E-state index in [2.05, 4.69) is 15.6 Å². The van der Waals surface area contributed by atoms with Crippen molar-refractivity contribution in [2.75, 3.05) is 12.4 Å². The summed E-state index contributed by atoms with van der Waals surface area (Å²) in [6.45, 7) is 0. The number of rotatable bonds is 10. The highest BCUT2D eigenvalue weighted by molar-refractivity contribution is 6.20. The number of fused-ring (bicyclic) bond motifs is 1. The van der Waals surface area contributed by atoms with Crippen LogP contribution in [0, 0.1) is 11.8 Å². The second-order valence-corrected chi connectivity index (χ2v) is 9.08. The zero-order chi connectivity index (χ0) is 29.7. The van der Waals surface area contributed by atoms with E-state index in [1.165, 1.54) is 13.2 Å². The molecule has 0 saturated heterocycles. The molecule has 3 atom stereocenters. The number of hydrogen-bond acceptors (Lipinski definition) is 5. The maximum absolute atomic E-state index is 13.2. The molecule has 2 aromatic rings. The van der Waals surface area contributed by atoms with Crippen LogP contribution in [0.3, 0.4) is 0 Å². The number of amides is 3. The van der Waals surface area contributed by atoms with Gasteiger partial charge in [-0.3, -0.25) is 14.4 Å². The molecule has 3 amide bonds. The number of hydrogen-bond donors (Lipinski definition) is 3. The molecule has 216 valence electrons. The molecule has 4 N–H and O–H groups in total. The summed E-state index contributed by atoms with van der Waals surface area (Å²) in [5.41, 5.74) is 6.66. The molecule has 0 fully saturated rings. The standard InChI is InChI=1S/C26H26F6N4O4/c1-40-15-7-8-19-18(13-15)20(14-5-3-2-4-6-14)35-22(24(39)34-19)36-23(38)17(10-12-26(30,31)32)16(21(33)37)9-11-25(27,28)29/h2-8,13,16-17,22H,9-12H2,1H3,(H2,33,37)(H,34,39)(H,36,38). The lowest BCUT2D eigenvalue weighted by molar-refractivity contribution is -0.152. The number of primary amides is 1. The molecule has 14 heteroatoms. The van der Waals surface area contributed by atoms with E-state index >= 15 is 0 Å². The lowest BCUT2D eigenvalue weighted by Crippen LogP contribution is -2.48. The smallest absolute Gasteiger partial charge is 0.389 e. The topological polar surface area (TPSA) is 123 Å². The average Bonchev–Trinajstić information content (AvgIpc) is 3.00. The number of ether oxygens (including phenoxy) is 1. The number of halogens is 6. The lowest BCUT2D eigenvalue weighted by Gasteiger charge is -2.26. The van der Waals surface area contributed by atoms with E-state index < -0.39 is 73.8 Å². The summed E-state index contributed by atoms with van der Waals surface area (Å²) in [4.78, 5) is 42.7. The Kier molecular flexibility index (Phi) is 9.43. The average molecular weight is 573 g/mol. The van der Waals surface area contributed by atoms with Crippen molar-refractivity contribution in [3.8, 4) is 5.75 Å². The largest absolute Gasteiger partial charge is 0.497 e. The second-order valence-electron chi connectivity index (χ2n) is 9.08. The van der Waals surface area contributed by atoms with Gasteiger partial charge in [-0.2, -0.15) is 26.3 Å². The number of benzodiazepines with no additional fused rings is 1. The number of nitrogens with one attached hydrogen (secondary N) is 2. The second kappa shape index (κ2) is 12.4. The Morgan fingerprint density at radius 1 is 1.00 bits per heavy atom. The van der Waals surface area contributed by atoms with Crippen LogP contribution in [-0.4, -0.2) is 49.1 Å². The Hall–Kier alpha value is -4.10. The van der Waals surface area contributed by atoms with Crippen LogP contribution < -0.4 is 21.1 Å². The Balaban J connectivity index is 2.00. The molecule has 0 radical (unpaired) electrons. The van der Waals surface area contributed by atoms with Crippen LogP contribution in [0.1, 0.15) is 36.8 Å². The summed E-state index contributed by atoms with van der Waals surface area (Å²) in [5.74, 6) is -6.88. The Morgan fingerprint density at radius 3 is 2.15 bits per heavy atom. The molecule has 1 aliphatic rings. The molecule has 3 unspecified atom stereocenters. The number of carbonyl (C=O) groups is 3. The van der Waals surface area contributed by atoms with E-state index in [0.29, 0.717) is 22.6 Å². The molecule has 1 aliphatic heterocycles. The van der Waals surface area contributed by atoms with Crippen molar-refractivity contribution in [2.24, 2.45) is 22.6 Å². The Labute approximate surface area is 225 Å². The maximum atomic E-state index is 13.2. The molecule has 3 rings (SSSR count). The number of nitrogens with zero attached hydrogens (tertiary/aromatic N) is 1. The van der Waals surface area contributed by atoms with Gasteiger partial charge in [-0.25, -0.2) is 4.99 Å². The van der Waals surface area contributed by atoms with Gasteiger partial charge >= 0.3 is 12.4 Å². The molecule has 0 aliphatic carbocycles. The number of aliphatic imine (C=N–C) groups is 1. The van der Waals surface area contributed by atoms with Crippen molar-refractivity contribution >= 4 is 29.1 Å². The first-order valence-corrected chi connectivity index (χ1v) is 12.0. The number of nitrogens with two attached hydrogens (primary N) is 1. The van der Waals surface area contributed by atoms with E-state index in [0.717, 1.165) is 0 Å². The van der Waals surface area contributed by atoms with Crippen LogP contribution in [-0.2, 0) is 14.4 Å². The van der Waals surface area contributed by atoms with Crippen LogP contribution in [0.5, 0.6) is 5.75 Å². The molecular formula is C26H26F6N4O4. The van der Waals surface area contributed by atoms with Crippen molar-refractivity contribution in [3.63, 3.8) is 0 Å². The van der Waals surface area contributed by atoms with Crippen LogP contribution in [0.4, 0.5) is 32.0 Å². The Bertz CT molecular complexity index is 1260. The molecular weight excluding hydrogens is 546 g/mol. The zero-order valence-corrected chi connectivity index (χ0v) is 21.1. The quantitative estimate of drug-likeness (QED) is 0.367. The van der Waals surface area contributed by atoms with Gasteiger partial charge < -0.3 is 21.1 Å². The number of benzene rings is 2. The molecule has 1 heterocycles. The monoisotopic (exact) mass is 572 g/mol. The number of alkyl halides is 6. The summed E-state index contributed by atoms with van der Waals surface area (Å²) in [6, 6.07) is 13.1. The molecule has 0 aromatic heterocycles. The summed E-state index contributed by atoms with van der Waals surface area (Å²) < 4.78 is 82.9. The highest BCUT2D eigenvalue weighted by atomic mass is 19.4. The van der Waals surface area contributed by atoms with E-state index in [4.69, 9.17) is 10.5 Å². The third-order valence-electron chi connectivity index (χ3n) is 6.24. The minimum atomic E-state index is -4.77. The first kappa shape index (κ1) is 30.4. The molecule has 8 nitrogen and oxygen atoms in total. The van der Waals surface area contributed by atoms with E-state index in [1.807, 2.05) is 0 Å². The van der Waals surface area contributed by atoms with Crippen LogP contribution >= 0.6 is 0 Å². The van der Waals surface area contributed by atoms with Crippen molar-refractivity contribution in [2.45, 2.75) is 44.2 Å². The van der Waals surface area contributed by atoms with Crippen molar-refractivity contribution in [3.05, 3.63) is 59.7 Å². The fourth-order valence-electron chi connectivity index (χ4n) is 4.27. The minimum absolute atomic E-state index is 0.216. The first-order chi connectivity index (χ1) is 18.7. The molecule has 2 aromatic carbocycles. The third kappa shape index (κ3) is 8.20. The van der Waals surface area contributed by atoms with Gasteiger partial charge in [0.2, 0.25) is 18.0 Å². The molecule has 0 spiro atoms. The SMILES string of the molecule is COc1ccc2c(c1)C(c1ccccc1)=NC(NC(=O)C(CCC(F)(F)F)C(CCC(F)(F)F)C(N)=O)C(=O)N2. The van der Waals surface area contributed by atoms with Gasteiger partial charge in [0.05, 0.1) is 18.5 Å². The van der Waals surface area contributed by atoms with Crippen molar-refractivity contribution in [1.82, 2.24) is 5.32 Å². The van der Waals surface area contributed by atoms with Gasteiger partial charge in [0, 0.05) is 35.8 Å². The predicted molar refractivity (Wildman–Crippen MR) is 132 cm³/mol. The minimum Gasteiger partial charge on any atom is -0.497 e. The Morgan fingerprint density at radius 2 is 1.60 bits per heavy atom. The fourth-order valence-corrected chi connectivity index (χ4v) is 4.27. The van der Waals surface area contributed by atoms with Gasteiger partial charge in [0.25, 0.3) is 5.91 Å². The highest BCUT2D eigenvalue weighted by Crippen LogP contribution is 2.33. The number of anilines is 1. The van der Waals surface area contributed by atoms with Crippen LogP contribution in [0.25, 0.3) is 0 Å². The summed E-state index contributed by atoms with van der Waals surface area (Å²) in [7, 11) is 1.42. The third-order valence-corrected chi connectivity index (χ3v) is 6.24. The van der Waals surface area contributed by atoms with Gasteiger partial charge in [0.1, 0.15) is 5.75 Å². The maximum Gasteiger partial charge on any atom is 0.389 e. The van der Waals surface area contributed by atoms with Crippen LogP contribution in [0.2, 0.25) is 0 Å². The number of carbonyl (C=O) groups excluding carboxylic acids is 3. The van der Waals surface area contributed by atoms with Crippen LogP contribution in [0.15, 0.2) is 53.5 Å². The van der Waals surface area contributed by atoms with E-state index in [9.17, 15) is 40.7 Å². The van der Waals surface area contributed by atoms with Gasteiger partial charge in [-0.05, 0) is 31.0 Å². The first-order valence-electron chi connectivity index (χ1n) is 12.0. The lowest BCUT2D eigenvalue weighted by atomic mass is 9.83. The van der Waals surface area contributed by atoms with E-state index in [1.54, 1.807) is 42.5 Å². The van der Waals surface area contributed by atoms with Gasteiger partial charge in [0.15, 0.2) is 0 Å². The van der Waals surface area contributed by atoms with Gasteiger partial charge in [-0.1, -0.05) is 30.3 Å². The normalized spacial score (nSPS) is 17.0. The molecule has 0 bridgehead atoms. The van der Waals surface area contributed by atoms with Crippen molar-refractivity contribution < 1.29 is 45.5 Å². The summed E-state index contributed by atoms with van der Waals surface area (Å²) in [6.07, 6.45) is -16.4. The molecule has 0 saturated carbocycles. The molecule has 40 heavy (non-hydrogen) atoms. The zero-order valence-electron chi connectivity index (χ0n) is 21.1. The van der Waals surface area contributed by atoms with E-state index in [-0.39, 0.29) is 5.71 Å². The highest BCUT2D eigenvalue weighted by Gasteiger charge is 2.40. The fraction of sp³-hybridized carbons (Fsp3) is 0.385. The number of methoxy groups -OCH3 is 1. The predicted octanol–water partition coefficient (Wildman–Crippen LogP) is 4.33. The van der Waals surface area contributed by atoms with Gasteiger partial charge in [-0.15, -0.1) is 0 Å². The van der Waals surface area contributed by atoms with Crippen molar-refractivity contribution in [1.29, 1.82) is 0 Å². The summed E-state index contributed by atoms with van der Waals surface area (Å²) in [5, 5.41) is 4.79. The summed E-state index contributed by atoms with van der Waals surface area (Å²) >= 11 is 0.